The van der Waals surface area contributed by atoms with Gasteiger partial charge in [0.2, 0.25) is 0 Å². The molecule has 0 spiro atoms. The van der Waals surface area contributed by atoms with Gasteiger partial charge in [-0.2, -0.15) is 0 Å². The fraction of sp³-hybridized carbons (Fsp3) is 0.0556. The van der Waals surface area contributed by atoms with Crippen molar-refractivity contribution < 1.29 is 0 Å². The van der Waals surface area contributed by atoms with E-state index in [0.29, 0.717) is 0 Å². The first-order valence-corrected chi connectivity index (χ1v) is 7.49. The number of fused-ring (bicyclic) bond motifs is 2. The van der Waals surface area contributed by atoms with Crippen molar-refractivity contribution in [3.8, 4) is 0 Å². The van der Waals surface area contributed by atoms with E-state index in [0.717, 1.165) is 20.8 Å². The second kappa shape index (κ2) is 4.87. The van der Waals surface area contributed by atoms with Gasteiger partial charge >= 0.3 is 0 Å². The summed E-state index contributed by atoms with van der Waals surface area (Å²) in [6.45, 7) is 0. The van der Waals surface area contributed by atoms with E-state index in [1.807, 2.05) is 30.6 Å². The molecule has 0 fully saturated rings. The first-order chi connectivity index (χ1) is 10.2. The number of allylic oxidation sites excluding steroid dienone is 4. The van der Waals surface area contributed by atoms with Gasteiger partial charge in [-0.3, -0.25) is 4.98 Å². The van der Waals surface area contributed by atoms with Crippen molar-refractivity contribution in [1.29, 1.82) is 0 Å². The van der Waals surface area contributed by atoms with Crippen LogP contribution >= 0.6 is 23.2 Å². The number of rotatable bonds is 1. The number of halogens is 2. The largest absolute Gasteiger partial charge is 0.264 e. The summed E-state index contributed by atoms with van der Waals surface area (Å²) in [5.74, 6) is 0.194. The molecule has 0 N–H and O–H groups in total. The van der Waals surface area contributed by atoms with Gasteiger partial charge in [0.05, 0.1) is 0 Å². The van der Waals surface area contributed by atoms with Crippen LogP contribution in [0.2, 0.25) is 5.02 Å². The molecule has 1 heterocycles. The number of nitrogens with zero attached hydrogens (tertiary/aromatic N) is 1. The Kier molecular flexibility index (Phi) is 2.99. The van der Waals surface area contributed by atoms with E-state index in [1.165, 1.54) is 16.4 Å². The predicted octanol–water partition coefficient (Wildman–Crippen LogP) is 3.53. The summed E-state index contributed by atoms with van der Waals surface area (Å²) >= 11 is 12.4. The van der Waals surface area contributed by atoms with Crippen LogP contribution in [0.1, 0.15) is 11.5 Å². The summed E-state index contributed by atoms with van der Waals surface area (Å²) in [6.07, 6.45) is 9.96. The van der Waals surface area contributed by atoms with Crippen molar-refractivity contribution in [3.63, 3.8) is 0 Å². The molecule has 102 valence electrons. The van der Waals surface area contributed by atoms with Gasteiger partial charge in [0, 0.05) is 33.6 Å². The zero-order valence-corrected chi connectivity index (χ0v) is 12.6. The Labute approximate surface area is 132 Å². The maximum Gasteiger partial charge on any atom is 0.0479 e. The minimum Gasteiger partial charge on any atom is -0.264 e. The average molecular weight is 312 g/mol. The normalized spacial score (nSPS) is 19.3. The second-order valence-corrected chi connectivity index (χ2v) is 6.01. The Hall–Kier alpha value is -1.83. The molecule has 1 aromatic carbocycles. The molecule has 2 aliphatic carbocycles. The minimum atomic E-state index is 0.194. The van der Waals surface area contributed by atoms with Crippen LogP contribution in [0, 0.1) is 0 Å². The van der Waals surface area contributed by atoms with Gasteiger partial charge in [-0.05, 0) is 52.3 Å². The van der Waals surface area contributed by atoms with E-state index < -0.39 is 0 Å². The van der Waals surface area contributed by atoms with Gasteiger partial charge in [0.15, 0.2) is 0 Å². The van der Waals surface area contributed by atoms with Crippen molar-refractivity contribution in [3.05, 3.63) is 86.5 Å². The molecule has 1 unspecified atom stereocenters. The first-order valence-electron chi connectivity index (χ1n) is 6.74. The molecule has 1 atom stereocenters. The second-order valence-electron chi connectivity index (χ2n) is 5.17. The topological polar surface area (TPSA) is 12.9 Å². The van der Waals surface area contributed by atoms with E-state index in [2.05, 4.69) is 35.3 Å². The van der Waals surface area contributed by atoms with Gasteiger partial charge in [-0.1, -0.05) is 41.4 Å². The highest BCUT2D eigenvalue weighted by molar-refractivity contribution is 6.33. The summed E-state index contributed by atoms with van der Waals surface area (Å²) in [5, 5.41) is 3.87. The van der Waals surface area contributed by atoms with Crippen LogP contribution in [0.3, 0.4) is 0 Å². The van der Waals surface area contributed by atoms with Crippen molar-refractivity contribution in [2.45, 2.75) is 5.92 Å². The fourth-order valence-electron chi connectivity index (χ4n) is 2.99. The molecule has 0 radical (unpaired) electrons. The fourth-order valence-corrected chi connectivity index (χ4v) is 3.35. The molecule has 2 aromatic rings. The highest BCUT2D eigenvalue weighted by atomic mass is 35.5. The Morgan fingerprint density at radius 2 is 1.81 bits per heavy atom. The van der Waals surface area contributed by atoms with Crippen LogP contribution in [0.4, 0.5) is 0 Å². The molecule has 3 heteroatoms. The van der Waals surface area contributed by atoms with Crippen molar-refractivity contribution >= 4 is 34.9 Å². The SMILES string of the molecule is ClC1=C2C=c3cnccc3=C2C(c2ccc(Cl)cc2)C=C1. The van der Waals surface area contributed by atoms with Crippen molar-refractivity contribution in [2.75, 3.05) is 0 Å². The van der Waals surface area contributed by atoms with E-state index in [9.17, 15) is 0 Å². The van der Waals surface area contributed by atoms with E-state index in [4.69, 9.17) is 23.2 Å². The van der Waals surface area contributed by atoms with Crippen LogP contribution < -0.4 is 10.4 Å². The molecule has 1 aromatic heterocycles. The average Bonchev–Trinajstić information content (AvgIpc) is 2.90. The van der Waals surface area contributed by atoms with Crippen LogP contribution in [-0.4, -0.2) is 4.98 Å². The van der Waals surface area contributed by atoms with Gasteiger partial charge in [0.25, 0.3) is 0 Å². The number of pyridine rings is 1. The molecule has 0 saturated carbocycles. The monoisotopic (exact) mass is 311 g/mol. The third-order valence-corrected chi connectivity index (χ3v) is 4.55. The lowest BCUT2D eigenvalue weighted by molar-refractivity contribution is 1.08. The van der Waals surface area contributed by atoms with Crippen LogP contribution in [0.15, 0.2) is 65.5 Å². The zero-order chi connectivity index (χ0) is 14.4. The molecule has 0 saturated heterocycles. The summed E-state index contributed by atoms with van der Waals surface area (Å²) in [4.78, 5) is 4.20. The number of aromatic nitrogens is 1. The molecule has 0 bridgehead atoms. The molecule has 0 aliphatic heterocycles. The maximum atomic E-state index is 6.38. The highest BCUT2D eigenvalue weighted by Gasteiger charge is 2.25. The van der Waals surface area contributed by atoms with Crippen LogP contribution in [0.5, 0.6) is 0 Å². The summed E-state index contributed by atoms with van der Waals surface area (Å²) in [6, 6.07) is 10.1. The quantitative estimate of drug-likeness (QED) is 0.785. The van der Waals surface area contributed by atoms with Crippen LogP contribution in [0.25, 0.3) is 11.6 Å². The standard InChI is InChI=1S/C18H11Cl2N/c19-13-3-1-11(2-4-13)14-5-6-17(20)16-9-12-10-21-8-7-15(12)18(14)16/h1-10,14H. The Morgan fingerprint density at radius 1 is 1.00 bits per heavy atom. The first kappa shape index (κ1) is 12.9. The number of hydrogen-bond acceptors (Lipinski definition) is 1. The van der Waals surface area contributed by atoms with E-state index in [-0.39, 0.29) is 5.92 Å². The molecule has 2 aliphatic rings. The Balaban J connectivity index is 1.98. The van der Waals surface area contributed by atoms with Gasteiger partial charge in [-0.15, -0.1) is 0 Å². The molecule has 4 rings (SSSR count). The van der Waals surface area contributed by atoms with Gasteiger partial charge in [-0.25, -0.2) is 0 Å². The lowest BCUT2D eigenvalue weighted by atomic mass is 9.84. The third-order valence-electron chi connectivity index (χ3n) is 3.96. The molecule has 1 nitrogen and oxygen atoms in total. The maximum absolute atomic E-state index is 6.38. The highest BCUT2D eigenvalue weighted by Crippen LogP contribution is 2.40. The molecular weight excluding hydrogens is 301 g/mol. The minimum absolute atomic E-state index is 0.194. The van der Waals surface area contributed by atoms with Gasteiger partial charge < -0.3 is 0 Å². The predicted molar refractivity (Wildman–Crippen MR) is 87.6 cm³/mol. The molecular formula is C18H11Cl2N. The molecule has 0 amide bonds. The summed E-state index contributed by atoms with van der Waals surface area (Å²) < 4.78 is 0. The lowest BCUT2D eigenvalue weighted by Gasteiger charge is -2.21. The summed E-state index contributed by atoms with van der Waals surface area (Å²) in [7, 11) is 0. The number of hydrogen-bond donors (Lipinski definition) is 0. The number of benzene rings is 1. The lowest BCUT2D eigenvalue weighted by Crippen LogP contribution is -2.24. The zero-order valence-electron chi connectivity index (χ0n) is 11.1. The van der Waals surface area contributed by atoms with E-state index >= 15 is 0 Å². The van der Waals surface area contributed by atoms with E-state index in [1.54, 1.807) is 0 Å². The van der Waals surface area contributed by atoms with Crippen molar-refractivity contribution in [2.24, 2.45) is 0 Å². The molecule has 21 heavy (non-hydrogen) atoms. The Bertz CT molecular complexity index is 905. The van der Waals surface area contributed by atoms with Gasteiger partial charge in [0.1, 0.15) is 0 Å². The third kappa shape index (κ3) is 2.05. The Morgan fingerprint density at radius 3 is 2.62 bits per heavy atom. The summed E-state index contributed by atoms with van der Waals surface area (Å²) in [5.41, 5.74) is 3.56. The van der Waals surface area contributed by atoms with Crippen molar-refractivity contribution in [1.82, 2.24) is 4.98 Å². The smallest absolute Gasteiger partial charge is 0.0479 e. The van der Waals surface area contributed by atoms with Crippen LogP contribution in [-0.2, 0) is 0 Å².